The molecule has 2 heteroatoms. The van der Waals surface area contributed by atoms with Crippen LogP contribution in [0, 0.1) is 0 Å². The van der Waals surface area contributed by atoms with Crippen LogP contribution < -0.4 is 5.32 Å². The van der Waals surface area contributed by atoms with Crippen LogP contribution in [0.1, 0.15) is 12.0 Å². The fourth-order valence-electron chi connectivity index (χ4n) is 3.46. The van der Waals surface area contributed by atoms with Crippen molar-refractivity contribution in [2.75, 3.05) is 13.2 Å². The first-order valence-corrected chi connectivity index (χ1v) is 8.04. The number of ether oxygens (including phenoxy) is 1. The van der Waals surface area contributed by atoms with Crippen LogP contribution in [-0.2, 0) is 11.2 Å². The van der Waals surface area contributed by atoms with Crippen molar-refractivity contribution in [2.45, 2.75) is 24.9 Å². The summed E-state index contributed by atoms with van der Waals surface area (Å²) in [7, 11) is 0. The predicted octanol–water partition coefficient (Wildman–Crippen LogP) is 3.58. The van der Waals surface area contributed by atoms with E-state index >= 15 is 0 Å². The van der Waals surface area contributed by atoms with Gasteiger partial charge in [0.25, 0.3) is 0 Å². The molecule has 0 aromatic heterocycles. The quantitative estimate of drug-likeness (QED) is 0.873. The Morgan fingerprint density at radius 3 is 2.45 bits per heavy atom. The van der Waals surface area contributed by atoms with E-state index in [1.165, 1.54) is 16.7 Å². The molecule has 1 saturated heterocycles. The van der Waals surface area contributed by atoms with Gasteiger partial charge in [-0.15, -0.1) is 0 Å². The zero-order valence-electron chi connectivity index (χ0n) is 12.7. The molecule has 112 valence electrons. The Labute approximate surface area is 131 Å². The summed E-state index contributed by atoms with van der Waals surface area (Å²) in [5.74, 6) is 0. The van der Waals surface area contributed by atoms with Crippen molar-refractivity contribution in [3.8, 4) is 11.1 Å². The maximum atomic E-state index is 5.59. The molecule has 1 N–H and O–H groups in total. The van der Waals surface area contributed by atoms with Crippen LogP contribution in [0.4, 0.5) is 0 Å². The van der Waals surface area contributed by atoms with Gasteiger partial charge in [-0.25, -0.2) is 0 Å². The normalized spacial score (nSPS) is 23.9. The smallest absolute Gasteiger partial charge is 0.0656 e. The number of nitrogens with one attached hydrogen (secondary N) is 1. The standard InChI is InChI=1S/C20H21NO/c1-2-4-17(5-3-1)18-8-6-15(7-9-18)10-16-11-19-13-22-14-20(12-16)21-19/h1-9,11,19-21H,10,12-14H2. The van der Waals surface area contributed by atoms with E-state index < -0.39 is 0 Å². The summed E-state index contributed by atoms with van der Waals surface area (Å²) in [6.07, 6.45) is 4.53. The molecule has 2 aromatic carbocycles. The largest absolute Gasteiger partial charge is 0.378 e. The Kier molecular flexibility index (Phi) is 3.79. The van der Waals surface area contributed by atoms with Gasteiger partial charge in [-0.3, -0.25) is 0 Å². The van der Waals surface area contributed by atoms with E-state index in [-0.39, 0.29) is 0 Å². The molecular weight excluding hydrogens is 270 g/mol. The molecule has 0 amide bonds. The number of hydrogen-bond donors (Lipinski definition) is 1. The Bertz CT molecular complexity index is 660. The molecule has 0 saturated carbocycles. The zero-order valence-corrected chi connectivity index (χ0v) is 12.7. The Balaban J connectivity index is 1.49. The van der Waals surface area contributed by atoms with Gasteiger partial charge < -0.3 is 10.1 Å². The lowest BCUT2D eigenvalue weighted by Gasteiger charge is -2.35. The van der Waals surface area contributed by atoms with Crippen LogP contribution >= 0.6 is 0 Å². The highest BCUT2D eigenvalue weighted by atomic mass is 16.5. The van der Waals surface area contributed by atoms with Gasteiger partial charge in [-0.1, -0.05) is 66.2 Å². The van der Waals surface area contributed by atoms with Gasteiger partial charge in [0, 0.05) is 12.1 Å². The van der Waals surface area contributed by atoms with Crippen LogP contribution in [0.25, 0.3) is 11.1 Å². The average Bonchev–Trinajstić information content (AvgIpc) is 2.56. The molecule has 22 heavy (non-hydrogen) atoms. The van der Waals surface area contributed by atoms with Crippen molar-refractivity contribution in [2.24, 2.45) is 0 Å². The lowest BCUT2D eigenvalue weighted by atomic mass is 9.91. The summed E-state index contributed by atoms with van der Waals surface area (Å²) in [6.45, 7) is 1.66. The molecule has 2 aliphatic heterocycles. The minimum absolute atomic E-state index is 0.408. The second kappa shape index (κ2) is 6.07. The lowest BCUT2D eigenvalue weighted by molar-refractivity contribution is 0.0528. The highest BCUT2D eigenvalue weighted by Gasteiger charge is 2.25. The summed E-state index contributed by atoms with van der Waals surface area (Å²) in [6, 6.07) is 20.4. The van der Waals surface area contributed by atoms with Crippen LogP contribution in [0.15, 0.2) is 66.2 Å². The fraction of sp³-hybridized carbons (Fsp3) is 0.300. The molecule has 2 nitrogen and oxygen atoms in total. The molecule has 2 atom stereocenters. The summed E-state index contributed by atoms with van der Waals surface area (Å²) >= 11 is 0. The summed E-state index contributed by atoms with van der Waals surface area (Å²) in [5.41, 5.74) is 5.51. The maximum Gasteiger partial charge on any atom is 0.0656 e. The van der Waals surface area contributed by atoms with Gasteiger partial charge in [0.2, 0.25) is 0 Å². The van der Waals surface area contributed by atoms with Crippen LogP contribution in [0.3, 0.4) is 0 Å². The highest BCUT2D eigenvalue weighted by molar-refractivity contribution is 5.63. The van der Waals surface area contributed by atoms with E-state index in [1.54, 1.807) is 5.57 Å². The second-order valence-electron chi connectivity index (χ2n) is 6.28. The van der Waals surface area contributed by atoms with Gasteiger partial charge in [0.15, 0.2) is 0 Å². The number of hydrogen-bond acceptors (Lipinski definition) is 2. The van der Waals surface area contributed by atoms with Gasteiger partial charge in [-0.05, 0) is 29.5 Å². The second-order valence-corrected chi connectivity index (χ2v) is 6.28. The van der Waals surface area contributed by atoms with Crippen molar-refractivity contribution in [3.63, 3.8) is 0 Å². The number of morpholine rings is 1. The molecule has 1 fully saturated rings. The minimum Gasteiger partial charge on any atom is -0.378 e. The zero-order chi connectivity index (χ0) is 14.8. The van der Waals surface area contributed by atoms with E-state index in [4.69, 9.17) is 4.74 Å². The first-order chi connectivity index (χ1) is 10.9. The Morgan fingerprint density at radius 2 is 1.68 bits per heavy atom. The predicted molar refractivity (Wildman–Crippen MR) is 89.8 cm³/mol. The highest BCUT2D eigenvalue weighted by Crippen LogP contribution is 2.24. The van der Waals surface area contributed by atoms with Crippen molar-refractivity contribution in [1.82, 2.24) is 5.32 Å². The third-order valence-corrected chi connectivity index (χ3v) is 4.50. The number of fused-ring (bicyclic) bond motifs is 2. The van der Waals surface area contributed by atoms with E-state index in [1.807, 2.05) is 0 Å². The van der Waals surface area contributed by atoms with Crippen LogP contribution in [-0.4, -0.2) is 25.3 Å². The SMILES string of the molecule is C1=C(Cc2ccc(-c3ccccc3)cc2)CC2COCC1N2. The monoisotopic (exact) mass is 291 g/mol. The Morgan fingerprint density at radius 1 is 0.909 bits per heavy atom. The van der Waals surface area contributed by atoms with Crippen LogP contribution in [0.2, 0.25) is 0 Å². The molecule has 0 spiro atoms. The van der Waals surface area contributed by atoms with E-state index in [9.17, 15) is 0 Å². The van der Waals surface area contributed by atoms with E-state index in [2.05, 4.69) is 66.0 Å². The summed E-state index contributed by atoms with van der Waals surface area (Å²) in [4.78, 5) is 0. The molecule has 0 radical (unpaired) electrons. The van der Waals surface area contributed by atoms with Gasteiger partial charge >= 0.3 is 0 Å². The molecule has 2 heterocycles. The van der Waals surface area contributed by atoms with Crippen molar-refractivity contribution >= 4 is 0 Å². The summed E-state index contributed by atoms with van der Waals surface area (Å²) in [5, 5.41) is 3.60. The molecule has 0 aliphatic carbocycles. The molecule has 2 unspecified atom stereocenters. The topological polar surface area (TPSA) is 21.3 Å². The molecule has 2 aliphatic rings. The first-order valence-electron chi connectivity index (χ1n) is 8.04. The summed E-state index contributed by atoms with van der Waals surface area (Å²) < 4.78 is 5.59. The van der Waals surface area contributed by atoms with Gasteiger partial charge in [-0.2, -0.15) is 0 Å². The third kappa shape index (κ3) is 2.99. The average molecular weight is 291 g/mol. The molecule has 2 aromatic rings. The third-order valence-electron chi connectivity index (χ3n) is 4.50. The van der Waals surface area contributed by atoms with Crippen molar-refractivity contribution < 1.29 is 4.74 Å². The maximum absolute atomic E-state index is 5.59. The number of rotatable bonds is 3. The van der Waals surface area contributed by atoms with Gasteiger partial charge in [0.05, 0.1) is 13.2 Å². The van der Waals surface area contributed by atoms with Crippen LogP contribution in [0.5, 0.6) is 0 Å². The molecular formula is C20H21NO. The van der Waals surface area contributed by atoms with Gasteiger partial charge in [0.1, 0.15) is 0 Å². The minimum atomic E-state index is 0.408. The molecule has 2 bridgehead atoms. The molecule has 4 rings (SSSR count). The van der Waals surface area contributed by atoms with Crippen molar-refractivity contribution in [1.29, 1.82) is 0 Å². The first kappa shape index (κ1) is 13.7. The number of benzene rings is 2. The fourth-order valence-corrected chi connectivity index (χ4v) is 3.46. The van der Waals surface area contributed by atoms with Crippen molar-refractivity contribution in [3.05, 3.63) is 71.8 Å². The van der Waals surface area contributed by atoms with E-state index in [0.29, 0.717) is 12.1 Å². The van der Waals surface area contributed by atoms with E-state index in [0.717, 1.165) is 26.1 Å². The lowest BCUT2D eigenvalue weighted by Crippen LogP contribution is -2.50. The Hall–Kier alpha value is -1.90.